The lowest BCUT2D eigenvalue weighted by Gasteiger charge is -2.34. The van der Waals surface area contributed by atoms with E-state index in [0.717, 1.165) is 28.4 Å². The summed E-state index contributed by atoms with van der Waals surface area (Å²) in [6, 6.07) is 5.06. The maximum atomic E-state index is 15.5. The molecule has 4 rings (SSSR count). The number of carbonyl (C=O) groups excluding carboxylic acids is 2. The number of urea groups is 1. The van der Waals surface area contributed by atoms with Crippen LogP contribution in [0.2, 0.25) is 10.0 Å². The van der Waals surface area contributed by atoms with E-state index >= 15 is 8.78 Å². The smallest absolute Gasteiger partial charge is 0.342 e. The Morgan fingerprint density at radius 2 is 1.92 bits per heavy atom. The lowest BCUT2D eigenvalue weighted by Crippen LogP contribution is -2.52. The van der Waals surface area contributed by atoms with Crippen LogP contribution >= 0.6 is 23.2 Å². The van der Waals surface area contributed by atoms with E-state index in [1.54, 1.807) is 26.0 Å². The molecular formula is C25H22Cl2F2N6O4. The largest absolute Gasteiger partial charge is 0.619 e. The molecule has 10 nitrogen and oxygen atoms in total. The minimum Gasteiger partial charge on any atom is -0.619 e. The first kappa shape index (κ1) is 28.0. The number of hydrogen-bond acceptors (Lipinski definition) is 6. The summed E-state index contributed by atoms with van der Waals surface area (Å²) in [6.45, 7) is 3.10. The highest BCUT2D eigenvalue weighted by atomic mass is 35.5. The molecule has 1 N–H and O–H groups in total. The molecule has 39 heavy (non-hydrogen) atoms. The van der Waals surface area contributed by atoms with Crippen LogP contribution in [0.4, 0.5) is 13.6 Å². The molecule has 3 aromatic rings. The third-order valence-electron chi connectivity index (χ3n) is 5.83. The number of benzene rings is 1. The standard InChI is InChI=1S/C25H22Cl2F2N6O4/c1-4-35(31-23(36)16-9-18(27)13-34(38)12-16)24(37)33(3)21-8-5-15(11-25(21,28)29)20-10-17(26)6-7-19(20)22-30-14(2)39-32-22/h5-10,12-13H,4,11H2,1-3H3,(H,31,36). The predicted octanol–water partition coefficient (Wildman–Crippen LogP) is 5.01. The molecule has 0 fully saturated rings. The van der Waals surface area contributed by atoms with E-state index in [1.165, 1.54) is 25.3 Å². The van der Waals surface area contributed by atoms with Gasteiger partial charge in [0.15, 0.2) is 12.4 Å². The fourth-order valence-corrected chi connectivity index (χ4v) is 4.38. The molecule has 0 spiro atoms. The van der Waals surface area contributed by atoms with Gasteiger partial charge in [0, 0.05) is 37.5 Å². The summed E-state index contributed by atoms with van der Waals surface area (Å²) in [7, 11) is 1.17. The minimum atomic E-state index is -3.47. The van der Waals surface area contributed by atoms with Gasteiger partial charge in [-0.1, -0.05) is 34.4 Å². The van der Waals surface area contributed by atoms with Crippen molar-refractivity contribution in [2.75, 3.05) is 13.6 Å². The Labute approximate surface area is 231 Å². The fourth-order valence-electron chi connectivity index (χ4n) is 3.99. The molecule has 204 valence electrons. The molecule has 2 heterocycles. The molecule has 1 aliphatic carbocycles. The third-order valence-corrected chi connectivity index (χ3v) is 6.27. The summed E-state index contributed by atoms with van der Waals surface area (Å²) in [4.78, 5) is 30.6. The number of nitrogens with zero attached hydrogens (tertiary/aromatic N) is 5. The van der Waals surface area contributed by atoms with E-state index in [2.05, 4.69) is 15.6 Å². The zero-order valence-electron chi connectivity index (χ0n) is 20.9. The number of aryl methyl sites for hydroxylation is 1. The SMILES string of the molecule is CCN(NC(=O)c1cc(Cl)c[n+]([O-])c1)C(=O)N(C)C1=CC=C(c2cc(Cl)ccc2-c2noc(C)n2)CC1(F)F. The molecular weight excluding hydrogens is 557 g/mol. The van der Waals surface area contributed by atoms with Crippen molar-refractivity contribution in [1.82, 2.24) is 25.5 Å². The topological polar surface area (TPSA) is 119 Å². The maximum absolute atomic E-state index is 15.5. The van der Waals surface area contributed by atoms with E-state index in [-0.39, 0.29) is 28.5 Å². The molecule has 2 aromatic heterocycles. The van der Waals surface area contributed by atoms with Crippen molar-refractivity contribution in [3.8, 4) is 11.4 Å². The van der Waals surface area contributed by atoms with Gasteiger partial charge in [0.05, 0.1) is 5.70 Å². The Kier molecular flexibility index (Phi) is 7.89. The van der Waals surface area contributed by atoms with Gasteiger partial charge >= 0.3 is 6.03 Å². The van der Waals surface area contributed by atoms with E-state index in [4.69, 9.17) is 27.7 Å². The number of aromatic nitrogens is 3. The molecule has 0 radical (unpaired) electrons. The molecule has 1 aromatic carbocycles. The minimum absolute atomic E-state index is 0.0102. The predicted molar refractivity (Wildman–Crippen MR) is 139 cm³/mol. The second kappa shape index (κ2) is 11.0. The lowest BCUT2D eigenvalue weighted by molar-refractivity contribution is -0.605. The maximum Gasteiger partial charge on any atom is 0.342 e. The van der Waals surface area contributed by atoms with E-state index in [9.17, 15) is 14.8 Å². The number of amides is 3. The molecule has 0 aliphatic heterocycles. The second-order valence-electron chi connectivity index (χ2n) is 8.58. The lowest BCUT2D eigenvalue weighted by atomic mass is 9.90. The number of halogens is 4. The van der Waals surface area contributed by atoms with Crippen molar-refractivity contribution in [3.63, 3.8) is 0 Å². The fraction of sp³-hybridized carbons (Fsp3) is 0.240. The molecule has 0 atom stereocenters. The van der Waals surface area contributed by atoms with Gasteiger partial charge in [0.2, 0.25) is 11.7 Å². The number of nitrogens with one attached hydrogen (secondary N) is 1. The van der Waals surface area contributed by atoms with Gasteiger partial charge in [0.25, 0.3) is 11.8 Å². The first-order chi connectivity index (χ1) is 18.4. The first-order valence-corrected chi connectivity index (χ1v) is 12.3. The zero-order valence-corrected chi connectivity index (χ0v) is 22.4. The van der Waals surface area contributed by atoms with Crippen LogP contribution in [0.5, 0.6) is 0 Å². The highest BCUT2D eigenvalue weighted by molar-refractivity contribution is 6.31. The summed E-state index contributed by atoms with van der Waals surface area (Å²) in [5, 5.41) is 16.7. The van der Waals surface area contributed by atoms with E-state index in [1.807, 2.05) is 0 Å². The van der Waals surface area contributed by atoms with Gasteiger partial charge in [-0.3, -0.25) is 15.1 Å². The van der Waals surface area contributed by atoms with Crippen LogP contribution in [-0.2, 0) is 0 Å². The Bertz CT molecular complexity index is 1490. The van der Waals surface area contributed by atoms with Crippen LogP contribution < -0.4 is 10.2 Å². The van der Waals surface area contributed by atoms with Gasteiger partial charge in [-0.15, -0.1) is 0 Å². The Hall–Kier alpha value is -4.03. The first-order valence-electron chi connectivity index (χ1n) is 11.5. The monoisotopic (exact) mass is 578 g/mol. The van der Waals surface area contributed by atoms with Crippen LogP contribution in [0, 0.1) is 12.1 Å². The van der Waals surface area contributed by atoms with Gasteiger partial charge in [-0.2, -0.15) is 18.5 Å². The summed E-state index contributed by atoms with van der Waals surface area (Å²) < 4.78 is 36.4. The zero-order chi connectivity index (χ0) is 28.5. The number of pyridine rings is 1. The van der Waals surface area contributed by atoms with Gasteiger partial charge in [-0.25, -0.2) is 9.80 Å². The van der Waals surface area contributed by atoms with Crippen molar-refractivity contribution in [2.45, 2.75) is 26.2 Å². The molecule has 0 saturated heterocycles. The van der Waals surface area contributed by atoms with Crippen molar-refractivity contribution in [1.29, 1.82) is 0 Å². The summed E-state index contributed by atoms with van der Waals surface area (Å²) in [5.74, 6) is -3.75. The van der Waals surface area contributed by atoms with Crippen molar-refractivity contribution in [2.24, 2.45) is 0 Å². The summed E-state index contributed by atoms with van der Waals surface area (Å²) in [5.41, 5.74) is 2.73. The molecule has 0 bridgehead atoms. The van der Waals surface area contributed by atoms with Crippen LogP contribution in [-0.4, -0.2) is 51.5 Å². The molecule has 0 saturated carbocycles. The summed E-state index contributed by atoms with van der Waals surface area (Å²) >= 11 is 12.0. The quantitative estimate of drug-likeness (QED) is 0.258. The number of carbonyl (C=O) groups is 2. The van der Waals surface area contributed by atoms with Crippen molar-refractivity contribution in [3.05, 3.63) is 86.8 Å². The van der Waals surface area contributed by atoms with E-state index < -0.39 is 30.0 Å². The second-order valence-corrected chi connectivity index (χ2v) is 9.45. The van der Waals surface area contributed by atoms with Crippen molar-refractivity contribution >= 4 is 40.7 Å². The number of alkyl halides is 2. The van der Waals surface area contributed by atoms with Gasteiger partial charge < -0.3 is 9.73 Å². The van der Waals surface area contributed by atoms with Crippen molar-refractivity contribution < 1.29 is 27.6 Å². The summed E-state index contributed by atoms with van der Waals surface area (Å²) in [6.07, 6.45) is 3.87. The highest BCUT2D eigenvalue weighted by Gasteiger charge is 2.42. The highest BCUT2D eigenvalue weighted by Crippen LogP contribution is 2.42. The molecule has 0 unspecified atom stereocenters. The Morgan fingerprint density at radius 3 is 2.54 bits per heavy atom. The van der Waals surface area contributed by atoms with Crippen LogP contribution in [0.3, 0.4) is 0 Å². The van der Waals surface area contributed by atoms with Crippen LogP contribution in [0.15, 0.2) is 59.0 Å². The van der Waals surface area contributed by atoms with Gasteiger partial charge in [0.1, 0.15) is 10.6 Å². The number of allylic oxidation sites excluding steroid dienone is 4. The third kappa shape index (κ3) is 6.02. The average Bonchev–Trinajstić information content (AvgIpc) is 3.31. The number of rotatable bonds is 5. The van der Waals surface area contributed by atoms with Crippen LogP contribution in [0.25, 0.3) is 17.0 Å². The number of hydrogen-bond donors (Lipinski definition) is 1. The Morgan fingerprint density at radius 1 is 1.18 bits per heavy atom. The Balaban J connectivity index is 1.60. The molecule has 14 heteroatoms. The van der Waals surface area contributed by atoms with Gasteiger partial charge in [-0.05, 0) is 48.4 Å². The number of hydrazine groups is 1. The molecule has 1 aliphatic rings. The van der Waals surface area contributed by atoms with Crippen LogP contribution in [0.1, 0.15) is 35.2 Å². The molecule has 3 amide bonds. The van der Waals surface area contributed by atoms with E-state index in [0.29, 0.717) is 26.8 Å². The average molecular weight is 579 g/mol. The normalized spacial score (nSPS) is 14.3.